The predicted octanol–water partition coefficient (Wildman–Crippen LogP) is 2.60. The third-order valence-electron chi connectivity index (χ3n) is 4.51. The van der Waals surface area contributed by atoms with Crippen LogP contribution < -0.4 is 4.90 Å². The molecule has 0 aromatic heterocycles. The predicted molar refractivity (Wildman–Crippen MR) is 81.3 cm³/mol. The Kier molecular flexibility index (Phi) is 2.82. The van der Waals surface area contributed by atoms with Crippen LogP contribution in [-0.4, -0.2) is 17.6 Å². The molecule has 0 saturated carbocycles. The Morgan fingerprint density at radius 1 is 0.952 bits per heavy atom. The molecule has 0 bridgehead atoms. The van der Waals surface area contributed by atoms with Crippen molar-refractivity contribution in [1.82, 2.24) is 0 Å². The van der Waals surface area contributed by atoms with Crippen molar-refractivity contribution in [2.45, 2.75) is 25.4 Å². The third kappa shape index (κ3) is 1.96. The minimum absolute atomic E-state index is 0.234. The van der Waals surface area contributed by atoms with E-state index in [1.54, 1.807) is 0 Å². The standard InChI is InChI=1S/C18H17NO2/c20-16-7-6-13-10-15(11-14-8-9-19(16)17(13)14)18(21)12-4-2-1-3-5-12/h1-5,10-11,18,21H,6-9H2. The van der Waals surface area contributed by atoms with E-state index in [1.807, 2.05) is 35.2 Å². The molecule has 2 aliphatic heterocycles. The van der Waals surface area contributed by atoms with E-state index >= 15 is 0 Å². The lowest BCUT2D eigenvalue weighted by atomic mass is 9.92. The highest BCUT2D eigenvalue weighted by molar-refractivity contribution is 5.98. The summed E-state index contributed by atoms with van der Waals surface area (Å²) in [7, 11) is 0. The van der Waals surface area contributed by atoms with Crippen molar-refractivity contribution in [3.63, 3.8) is 0 Å². The molecule has 1 unspecified atom stereocenters. The molecular weight excluding hydrogens is 262 g/mol. The average Bonchev–Trinajstić information content (AvgIpc) is 2.96. The molecule has 0 spiro atoms. The van der Waals surface area contributed by atoms with Gasteiger partial charge in [0, 0.05) is 13.0 Å². The van der Waals surface area contributed by atoms with Crippen LogP contribution in [0.2, 0.25) is 0 Å². The van der Waals surface area contributed by atoms with Gasteiger partial charge in [-0.2, -0.15) is 0 Å². The molecule has 3 nitrogen and oxygen atoms in total. The molecule has 0 radical (unpaired) electrons. The van der Waals surface area contributed by atoms with Crippen LogP contribution in [0.15, 0.2) is 42.5 Å². The lowest BCUT2D eigenvalue weighted by Gasteiger charge is -2.26. The first kappa shape index (κ1) is 12.6. The third-order valence-corrected chi connectivity index (χ3v) is 4.51. The van der Waals surface area contributed by atoms with Crippen molar-refractivity contribution >= 4 is 11.6 Å². The first-order valence-corrected chi connectivity index (χ1v) is 7.43. The SMILES string of the molecule is O=C1CCc2cc(C(O)c3ccccc3)cc3c2N1CC3. The summed E-state index contributed by atoms with van der Waals surface area (Å²) in [5.74, 6) is 0.234. The van der Waals surface area contributed by atoms with Gasteiger partial charge in [0.15, 0.2) is 0 Å². The number of aliphatic hydroxyl groups is 1. The molecule has 2 aromatic carbocycles. The van der Waals surface area contributed by atoms with Gasteiger partial charge in [0.2, 0.25) is 5.91 Å². The smallest absolute Gasteiger partial charge is 0.227 e. The average molecular weight is 279 g/mol. The van der Waals surface area contributed by atoms with Crippen LogP contribution in [0.25, 0.3) is 0 Å². The monoisotopic (exact) mass is 279 g/mol. The second kappa shape index (κ2) is 4.71. The van der Waals surface area contributed by atoms with Crippen LogP contribution in [0.4, 0.5) is 5.69 Å². The van der Waals surface area contributed by atoms with E-state index in [1.165, 1.54) is 11.1 Å². The maximum absolute atomic E-state index is 11.9. The molecule has 2 aliphatic rings. The molecule has 3 heteroatoms. The Labute approximate surface area is 123 Å². The fraction of sp³-hybridized carbons (Fsp3) is 0.278. The normalized spacial score (nSPS) is 17.8. The lowest BCUT2D eigenvalue weighted by molar-refractivity contribution is -0.118. The van der Waals surface area contributed by atoms with E-state index < -0.39 is 6.10 Å². The van der Waals surface area contributed by atoms with E-state index in [0.29, 0.717) is 6.42 Å². The van der Waals surface area contributed by atoms with Crippen molar-refractivity contribution in [3.8, 4) is 0 Å². The molecule has 1 N–H and O–H groups in total. The highest BCUT2D eigenvalue weighted by Gasteiger charge is 2.32. The number of rotatable bonds is 2. The molecule has 2 heterocycles. The lowest BCUT2D eigenvalue weighted by Crippen LogP contribution is -2.32. The van der Waals surface area contributed by atoms with Gasteiger partial charge in [-0.05, 0) is 35.1 Å². The van der Waals surface area contributed by atoms with E-state index in [4.69, 9.17) is 0 Å². The molecular formula is C18H17NO2. The van der Waals surface area contributed by atoms with Gasteiger partial charge in [-0.15, -0.1) is 0 Å². The largest absolute Gasteiger partial charge is 0.384 e. The number of amides is 1. The Hall–Kier alpha value is -2.13. The Balaban J connectivity index is 1.78. The quantitative estimate of drug-likeness (QED) is 0.918. The number of benzene rings is 2. The fourth-order valence-corrected chi connectivity index (χ4v) is 3.47. The Morgan fingerprint density at radius 2 is 1.67 bits per heavy atom. The minimum atomic E-state index is -0.598. The number of carbonyl (C=O) groups excluding carboxylic acids is 1. The number of hydrogen-bond acceptors (Lipinski definition) is 2. The highest BCUT2D eigenvalue weighted by Crippen LogP contribution is 2.39. The van der Waals surface area contributed by atoms with Gasteiger partial charge in [0.25, 0.3) is 0 Å². The topological polar surface area (TPSA) is 40.5 Å². The molecule has 106 valence electrons. The minimum Gasteiger partial charge on any atom is -0.384 e. The van der Waals surface area contributed by atoms with Crippen LogP contribution in [0.3, 0.4) is 0 Å². The van der Waals surface area contributed by atoms with E-state index in [2.05, 4.69) is 12.1 Å². The summed E-state index contributed by atoms with van der Waals surface area (Å²) in [5.41, 5.74) is 5.35. The van der Waals surface area contributed by atoms with Gasteiger partial charge in [-0.3, -0.25) is 4.79 Å². The van der Waals surface area contributed by atoms with Crippen LogP contribution in [0, 0.1) is 0 Å². The van der Waals surface area contributed by atoms with Crippen LogP contribution in [-0.2, 0) is 17.6 Å². The van der Waals surface area contributed by atoms with Crippen LogP contribution >= 0.6 is 0 Å². The van der Waals surface area contributed by atoms with Crippen molar-refractivity contribution in [1.29, 1.82) is 0 Å². The second-order valence-electron chi connectivity index (χ2n) is 5.80. The van der Waals surface area contributed by atoms with Crippen molar-refractivity contribution in [3.05, 3.63) is 64.7 Å². The zero-order valence-electron chi connectivity index (χ0n) is 11.7. The summed E-state index contributed by atoms with van der Waals surface area (Å²) < 4.78 is 0. The van der Waals surface area contributed by atoms with Gasteiger partial charge >= 0.3 is 0 Å². The fourth-order valence-electron chi connectivity index (χ4n) is 3.47. The molecule has 2 aromatic rings. The Morgan fingerprint density at radius 3 is 2.43 bits per heavy atom. The summed E-state index contributed by atoms with van der Waals surface area (Å²) in [5, 5.41) is 10.6. The van der Waals surface area contributed by atoms with E-state index in [-0.39, 0.29) is 5.91 Å². The number of anilines is 1. The molecule has 0 saturated heterocycles. The van der Waals surface area contributed by atoms with Gasteiger partial charge in [0.05, 0.1) is 5.69 Å². The summed E-state index contributed by atoms with van der Waals surface area (Å²) in [4.78, 5) is 13.8. The Bertz CT molecular complexity index is 709. The van der Waals surface area contributed by atoms with Crippen LogP contribution in [0.1, 0.15) is 34.8 Å². The van der Waals surface area contributed by atoms with Crippen molar-refractivity contribution in [2.24, 2.45) is 0 Å². The van der Waals surface area contributed by atoms with E-state index in [9.17, 15) is 9.90 Å². The molecule has 1 atom stereocenters. The zero-order chi connectivity index (χ0) is 14.4. The first-order chi connectivity index (χ1) is 10.2. The number of carbonyl (C=O) groups is 1. The maximum atomic E-state index is 11.9. The van der Waals surface area contributed by atoms with Gasteiger partial charge in [-0.25, -0.2) is 0 Å². The number of nitrogens with zero attached hydrogens (tertiary/aromatic N) is 1. The van der Waals surface area contributed by atoms with Gasteiger partial charge in [0.1, 0.15) is 6.10 Å². The van der Waals surface area contributed by atoms with Crippen LogP contribution in [0.5, 0.6) is 0 Å². The molecule has 21 heavy (non-hydrogen) atoms. The number of hydrogen-bond donors (Lipinski definition) is 1. The molecule has 1 amide bonds. The summed E-state index contributed by atoms with van der Waals surface area (Å²) in [6.07, 6.45) is 1.66. The summed E-state index contributed by atoms with van der Waals surface area (Å²) in [6.45, 7) is 0.784. The van der Waals surface area contributed by atoms with E-state index in [0.717, 1.165) is 36.2 Å². The number of aryl methyl sites for hydroxylation is 1. The molecule has 0 aliphatic carbocycles. The second-order valence-corrected chi connectivity index (χ2v) is 5.80. The van der Waals surface area contributed by atoms with Gasteiger partial charge < -0.3 is 10.0 Å². The van der Waals surface area contributed by atoms with Crippen molar-refractivity contribution in [2.75, 3.05) is 11.4 Å². The maximum Gasteiger partial charge on any atom is 0.227 e. The zero-order valence-corrected chi connectivity index (χ0v) is 11.7. The highest BCUT2D eigenvalue weighted by atomic mass is 16.3. The molecule has 0 fully saturated rings. The van der Waals surface area contributed by atoms with Crippen molar-refractivity contribution < 1.29 is 9.90 Å². The summed E-state index contributed by atoms with van der Waals surface area (Å²) >= 11 is 0. The molecule has 4 rings (SSSR count). The van der Waals surface area contributed by atoms with Gasteiger partial charge in [-0.1, -0.05) is 42.5 Å². The number of aliphatic hydroxyl groups excluding tert-OH is 1. The first-order valence-electron chi connectivity index (χ1n) is 7.43. The summed E-state index contributed by atoms with van der Waals surface area (Å²) in [6, 6.07) is 13.9.